The fourth-order valence-corrected chi connectivity index (χ4v) is 2.70. The van der Waals surface area contributed by atoms with Crippen LogP contribution in [0.4, 0.5) is 0 Å². The second-order valence-electron chi connectivity index (χ2n) is 5.61. The molecule has 2 fully saturated rings. The van der Waals surface area contributed by atoms with Crippen molar-refractivity contribution in [3.63, 3.8) is 0 Å². The molecule has 2 aliphatic rings. The number of aliphatic hydroxyl groups excluding tert-OH is 1. The van der Waals surface area contributed by atoms with Gasteiger partial charge in [0.1, 0.15) is 17.4 Å². The molecule has 116 valence electrons. The van der Waals surface area contributed by atoms with Crippen molar-refractivity contribution in [1.82, 2.24) is 4.90 Å². The normalized spacial score (nSPS) is 25.0. The van der Waals surface area contributed by atoms with Crippen molar-refractivity contribution in [2.45, 2.75) is 51.6 Å². The Bertz CT molecular complexity index is 456. The summed E-state index contributed by atoms with van der Waals surface area (Å²) in [5.74, 6) is -1.34. The number of likely N-dealkylation sites (tertiary alicyclic amines) is 1. The van der Waals surface area contributed by atoms with Gasteiger partial charge in [0, 0.05) is 32.4 Å². The molecular weight excluding hydrogens is 274 g/mol. The van der Waals surface area contributed by atoms with E-state index in [1.807, 2.05) is 4.90 Å². The van der Waals surface area contributed by atoms with Crippen LogP contribution in [0, 0.1) is 0 Å². The molecule has 6 nitrogen and oxygen atoms in total. The van der Waals surface area contributed by atoms with Crippen molar-refractivity contribution in [1.29, 1.82) is 0 Å². The van der Waals surface area contributed by atoms with Gasteiger partial charge in [-0.15, -0.1) is 0 Å². The molecule has 2 saturated heterocycles. The van der Waals surface area contributed by atoms with Gasteiger partial charge in [-0.05, 0) is 26.2 Å². The van der Waals surface area contributed by atoms with E-state index in [4.69, 9.17) is 4.74 Å². The molecule has 0 aromatic rings. The number of allylic oxidation sites excluding steroid dienone is 1. The molecule has 6 heteroatoms. The Balaban J connectivity index is 1.86. The lowest BCUT2D eigenvalue weighted by molar-refractivity contribution is -0.150. The largest absolute Gasteiger partial charge is 0.511 e. The van der Waals surface area contributed by atoms with Gasteiger partial charge in [0.2, 0.25) is 5.91 Å². The van der Waals surface area contributed by atoms with Crippen molar-refractivity contribution in [3.05, 3.63) is 11.3 Å². The van der Waals surface area contributed by atoms with Gasteiger partial charge in [-0.2, -0.15) is 0 Å². The number of hydrogen-bond acceptors (Lipinski definition) is 5. The summed E-state index contributed by atoms with van der Waals surface area (Å²) >= 11 is 0. The zero-order valence-electron chi connectivity index (χ0n) is 12.3. The van der Waals surface area contributed by atoms with Gasteiger partial charge in [-0.1, -0.05) is 0 Å². The highest BCUT2D eigenvalue weighted by Crippen LogP contribution is 2.21. The number of esters is 1. The molecule has 1 atom stereocenters. The highest BCUT2D eigenvalue weighted by molar-refractivity contribution is 6.19. The Hall–Kier alpha value is -1.85. The second kappa shape index (κ2) is 6.74. The Morgan fingerprint density at radius 2 is 1.95 bits per heavy atom. The SMILES string of the molecule is C[C@@H]1CC(=O)/C(=C(\O)CCCC(=O)N2CCCC2)C(=O)O1. The van der Waals surface area contributed by atoms with E-state index in [0.29, 0.717) is 12.8 Å². The summed E-state index contributed by atoms with van der Waals surface area (Å²) in [6.45, 7) is 3.24. The smallest absolute Gasteiger partial charge is 0.345 e. The van der Waals surface area contributed by atoms with E-state index in [9.17, 15) is 19.5 Å². The molecule has 0 radical (unpaired) electrons. The molecule has 2 rings (SSSR count). The highest BCUT2D eigenvalue weighted by atomic mass is 16.5. The minimum absolute atomic E-state index is 0.0662. The van der Waals surface area contributed by atoms with Crippen LogP contribution >= 0.6 is 0 Å². The van der Waals surface area contributed by atoms with Crippen LogP contribution < -0.4 is 0 Å². The number of hydrogen-bond donors (Lipinski definition) is 1. The van der Waals surface area contributed by atoms with E-state index in [2.05, 4.69) is 0 Å². The third kappa shape index (κ3) is 3.83. The molecule has 0 spiro atoms. The maximum Gasteiger partial charge on any atom is 0.345 e. The zero-order chi connectivity index (χ0) is 15.4. The number of carbonyl (C=O) groups is 3. The van der Waals surface area contributed by atoms with E-state index in [0.717, 1.165) is 25.9 Å². The number of aliphatic hydroxyl groups is 1. The summed E-state index contributed by atoms with van der Waals surface area (Å²) in [4.78, 5) is 37.1. The number of ketones is 1. The number of ether oxygens (including phenoxy) is 1. The van der Waals surface area contributed by atoms with Gasteiger partial charge >= 0.3 is 5.97 Å². The molecule has 0 aromatic heterocycles. The summed E-state index contributed by atoms with van der Waals surface area (Å²) in [5.41, 5.74) is -0.248. The van der Waals surface area contributed by atoms with E-state index < -0.39 is 12.1 Å². The Morgan fingerprint density at radius 3 is 2.57 bits per heavy atom. The minimum atomic E-state index is -0.762. The fourth-order valence-electron chi connectivity index (χ4n) is 2.70. The molecule has 2 heterocycles. The number of amides is 1. The van der Waals surface area contributed by atoms with E-state index in [-0.39, 0.29) is 35.9 Å². The van der Waals surface area contributed by atoms with Crippen LogP contribution in [0.5, 0.6) is 0 Å². The summed E-state index contributed by atoms with van der Waals surface area (Å²) in [5, 5.41) is 9.91. The van der Waals surface area contributed by atoms with Gasteiger partial charge in [0.05, 0.1) is 0 Å². The number of rotatable bonds is 4. The van der Waals surface area contributed by atoms with Crippen LogP contribution in [-0.2, 0) is 19.1 Å². The third-order valence-corrected chi connectivity index (χ3v) is 3.82. The maximum atomic E-state index is 11.8. The summed E-state index contributed by atoms with van der Waals surface area (Å²) < 4.78 is 4.95. The number of Topliss-reactive ketones (excluding diaryl/α,β-unsaturated/α-hetero) is 1. The molecular formula is C15H21NO5. The topological polar surface area (TPSA) is 83.9 Å². The van der Waals surface area contributed by atoms with Crippen LogP contribution in [0.1, 0.15) is 45.4 Å². The first-order valence-corrected chi connectivity index (χ1v) is 7.43. The average Bonchev–Trinajstić information content (AvgIpc) is 2.91. The minimum Gasteiger partial charge on any atom is -0.511 e. The zero-order valence-corrected chi connectivity index (χ0v) is 12.3. The monoisotopic (exact) mass is 295 g/mol. The first kappa shape index (κ1) is 15.5. The van der Waals surface area contributed by atoms with Crippen LogP contribution in [0.2, 0.25) is 0 Å². The van der Waals surface area contributed by atoms with Crippen molar-refractivity contribution in [3.8, 4) is 0 Å². The van der Waals surface area contributed by atoms with Crippen molar-refractivity contribution in [2.75, 3.05) is 13.1 Å². The lowest BCUT2D eigenvalue weighted by atomic mass is 9.99. The first-order chi connectivity index (χ1) is 9.99. The molecule has 0 aliphatic carbocycles. The lowest BCUT2D eigenvalue weighted by Gasteiger charge is -2.20. The number of nitrogens with zero attached hydrogens (tertiary/aromatic N) is 1. The van der Waals surface area contributed by atoms with Gasteiger partial charge in [0.25, 0.3) is 0 Å². The Morgan fingerprint density at radius 1 is 1.29 bits per heavy atom. The average molecular weight is 295 g/mol. The molecule has 21 heavy (non-hydrogen) atoms. The first-order valence-electron chi connectivity index (χ1n) is 7.43. The van der Waals surface area contributed by atoms with Crippen molar-refractivity contribution < 1.29 is 24.2 Å². The van der Waals surface area contributed by atoms with Crippen LogP contribution in [0.3, 0.4) is 0 Å². The summed E-state index contributed by atoms with van der Waals surface area (Å²) in [7, 11) is 0. The molecule has 0 bridgehead atoms. The summed E-state index contributed by atoms with van der Waals surface area (Å²) in [6, 6.07) is 0. The Labute approximate surface area is 123 Å². The van der Waals surface area contributed by atoms with Gasteiger partial charge < -0.3 is 14.7 Å². The van der Waals surface area contributed by atoms with Crippen molar-refractivity contribution in [2.24, 2.45) is 0 Å². The number of cyclic esters (lactones) is 1. The third-order valence-electron chi connectivity index (χ3n) is 3.82. The second-order valence-corrected chi connectivity index (χ2v) is 5.61. The predicted octanol–water partition coefficient (Wildman–Crippen LogP) is 1.50. The highest BCUT2D eigenvalue weighted by Gasteiger charge is 2.32. The van der Waals surface area contributed by atoms with E-state index in [1.165, 1.54) is 0 Å². The number of carbonyl (C=O) groups excluding carboxylic acids is 3. The van der Waals surface area contributed by atoms with Gasteiger partial charge in [-0.25, -0.2) is 4.79 Å². The molecule has 0 aromatic carbocycles. The summed E-state index contributed by atoms with van der Waals surface area (Å²) in [6.07, 6.45) is 2.61. The lowest BCUT2D eigenvalue weighted by Crippen LogP contribution is -2.31. The van der Waals surface area contributed by atoms with E-state index >= 15 is 0 Å². The maximum absolute atomic E-state index is 11.8. The molecule has 1 amide bonds. The van der Waals surface area contributed by atoms with Gasteiger partial charge in [0.15, 0.2) is 5.78 Å². The molecule has 0 unspecified atom stereocenters. The molecule has 0 saturated carbocycles. The molecule has 1 N–H and O–H groups in total. The quantitative estimate of drug-likeness (QED) is 0.368. The van der Waals surface area contributed by atoms with Crippen LogP contribution in [0.15, 0.2) is 11.3 Å². The van der Waals surface area contributed by atoms with E-state index in [1.54, 1.807) is 6.92 Å². The molecule has 2 aliphatic heterocycles. The van der Waals surface area contributed by atoms with Gasteiger partial charge in [-0.3, -0.25) is 9.59 Å². The van der Waals surface area contributed by atoms with Crippen LogP contribution in [0.25, 0.3) is 0 Å². The standard InChI is InChI=1S/C15H21NO5/c1-10-9-12(18)14(15(20)21-10)11(17)5-4-6-13(19)16-7-2-3-8-16/h10,17H,2-9H2,1H3/b14-11+/t10-/m1/s1. The van der Waals surface area contributed by atoms with Crippen LogP contribution in [-0.4, -0.2) is 46.9 Å². The van der Waals surface area contributed by atoms with Crippen molar-refractivity contribution >= 4 is 17.7 Å². The predicted molar refractivity (Wildman–Crippen MR) is 74.5 cm³/mol. The fraction of sp³-hybridized carbons (Fsp3) is 0.667. The Kier molecular flexibility index (Phi) is 4.98.